The molecule has 2 rings (SSSR count). The lowest BCUT2D eigenvalue weighted by atomic mass is 10.0. The minimum absolute atomic E-state index is 0.281. The lowest BCUT2D eigenvalue weighted by Gasteiger charge is -2.28. The van der Waals surface area contributed by atoms with Gasteiger partial charge in [-0.05, 0) is 43.0 Å². The lowest BCUT2D eigenvalue weighted by molar-refractivity contribution is -0.118. The van der Waals surface area contributed by atoms with E-state index in [4.69, 9.17) is 5.73 Å². The Morgan fingerprint density at radius 2 is 1.86 bits per heavy atom. The van der Waals surface area contributed by atoms with Gasteiger partial charge in [0.25, 0.3) is 0 Å². The number of rotatable bonds is 11. The van der Waals surface area contributed by atoms with Gasteiger partial charge in [0.05, 0.1) is 11.4 Å². The predicted molar refractivity (Wildman–Crippen MR) is 121 cm³/mol. The molecule has 2 aromatic carbocycles. The van der Waals surface area contributed by atoms with Crippen LogP contribution in [0.25, 0.3) is 0 Å². The van der Waals surface area contributed by atoms with Crippen molar-refractivity contribution >= 4 is 22.8 Å². The van der Waals surface area contributed by atoms with Crippen molar-refractivity contribution in [2.75, 3.05) is 29.5 Å². The van der Waals surface area contributed by atoms with E-state index in [2.05, 4.69) is 41.9 Å². The van der Waals surface area contributed by atoms with Gasteiger partial charge in [-0.25, -0.2) is 0 Å². The fourth-order valence-corrected chi connectivity index (χ4v) is 3.27. The topological polar surface area (TPSA) is 58.4 Å². The molecule has 4 nitrogen and oxygen atoms in total. The number of benzene rings is 2. The van der Waals surface area contributed by atoms with Crippen molar-refractivity contribution in [3.05, 3.63) is 65.7 Å². The first-order valence-corrected chi connectivity index (χ1v) is 9.99. The SMILES string of the molecule is C=C(C)CCC(=O)CCN(Cc1ccccc1)c1cc(NC)c(N)cc1CC. The van der Waals surface area contributed by atoms with E-state index in [0.29, 0.717) is 19.4 Å². The van der Waals surface area contributed by atoms with Gasteiger partial charge >= 0.3 is 0 Å². The molecule has 0 spiro atoms. The molecule has 0 fully saturated rings. The van der Waals surface area contributed by atoms with Crippen LogP contribution in [-0.4, -0.2) is 19.4 Å². The Hall–Kier alpha value is -2.75. The number of hydrogen-bond donors (Lipinski definition) is 2. The number of ketones is 1. The molecule has 0 saturated carbocycles. The van der Waals surface area contributed by atoms with Gasteiger partial charge in [0.1, 0.15) is 5.78 Å². The first kappa shape index (κ1) is 21.5. The number of allylic oxidation sites excluding steroid dienone is 1. The number of aryl methyl sites for hydroxylation is 1. The molecule has 0 amide bonds. The van der Waals surface area contributed by atoms with Gasteiger partial charge in [-0.2, -0.15) is 0 Å². The Morgan fingerprint density at radius 1 is 1.14 bits per heavy atom. The summed E-state index contributed by atoms with van der Waals surface area (Å²) in [5.74, 6) is 0.281. The van der Waals surface area contributed by atoms with Gasteiger partial charge in [0, 0.05) is 38.7 Å². The Labute approximate surface area is 169 Å². The number of carbonyl (C=O) groups is 1. The number of hydrogen-bond acceptors (Lipinski definition) is 4. The van der Waals surface area contributed by atoms with Crippen LogP contribution in [0, 0.1) is 0 Å². The number of nitrogens with two attached hydrogens (primary N) is 1. The van der Waals surface area contributed by atoms with E-state index in [9.17, 15) is 4.79 Å². The second-order valence-corrected chi connectivity index (χ2v) is 7.32. The maximum absolute atomic E-state index is 12.4. The van der Waals surface area contributed by atoms with Crippen LogP contribution in [0.2, 0.25) is 0 Å². The largest absolute Gasteiger partial charge is 0.397 e. The van der Waals surface area contributed by atoms with Gasteiger partial charge in [0.15, 0.2) is 0 Å². The number of carbonyl (C=O) groups excluding carboxylic acids is 1. The smallest absolute Gasteiger partial charge is 0.134 e. The van der Waals surface area contributed by atoms with E-state index in [1.165, 1.54) is 11.1 Å². The van der Waals surface area contributed by atoms with Crippen LogP contribution in [-0.2, 0) is 17.8 Å². The van der Waals surface area contributed by atoms with Crippen LogP contribution in [0.1, 0.15) is 44.2 Å². The second-order valence-electron chi connectivity index (χ2n) is 7.32. The molecule has 0 radical (unpaired) electrons. The third-order valence-corrected chi connectivity index (χ3v) is 4.95. The first-order chi connectivity index (χ1) is 13.4. The maximum Gasteiger partial charge on any atom is 0.134 e. The summed E-state index contributed by atoms with van der Waals surface area (Å²) >= 11 is 0. The van der Waals surface area contributed by atoms with E-state index in [1.807, 2.05) is 38.2 Å². The van der Waals surface area contributed by atoms with Crippen LogP contribution < -0.4 is 16.0 Å². The number of Topliss-reactive ketones (excluding diaryl/α,β-unsaturated/α-hetero) is 1. The van der Waals surface area contributed by atoms with Gasteiger partial charge in [-0.3, -0.25) is 4.79 Å². The average Bonchev–Trinajstić information content (AvgIpc) is 2.70. The third-order valence-electron chi connectivity index (χ3n) is 4.95. The van der Waals surface area contributed by atoms with Crippen molar-refractivity contribution in [1.82, 2.24) is 0 Å². The summed E-state index contributed by atoms with van der Waals surface area (Å²) in [7, 11) is 1.88. The zero-order valence-corrected chi connectivity index (χ0v) is 17.4. The molecule has 0 aromatic heterocycles. The molecule has 0 unspecified atom stereocenters. The van der Waals surface area contributed by atoms with E-state index < -0.39 is 0 Å². The molecule has 0 aliphatic heterocycles. The summed E-state index contributed by atoms with van der Waals surface area (Å²) < 4.78 is 0. The van der Waals surface area contributed by atoms with Crippen molar-refractivity contribution in [2.24, 2.45) is 0 Å². The van der Waals surface area contributed by atoms with E-state index in [0.717, 1.165) is 42.0 Å². The fraction of sp³-hybridized carbons (Fsp3) is 0.375. The van der Waals surface area contributed by atoms with Crippen LogP contribution in [0.5, 0.6) is 0 Å². The molecule has 0 saturated heterocycles. The summed E-state index contributed by atoms with van der Waals surface area (Å²) in [5.41, 5.74) is 12.5. The fourth-order valence-electron chi connectivity index (χ4n) is 3.27. The normalized spacial score (nSPS) is 10.5. The Bertz CT molecular complexity index is 799. The lowest BCUT2D eigenvalue weighted by Crippen LogP contribution is -2.27. The van der Waals surface area contributed by atoms with Crippen molar-refractivity contribution in [2.45, 2.75) is 46.1 Å². The highest BCUT2D eigenvalue weighted by Crippen LogP contribution is 2.31. The van der Waals surface area contributed by atoms with Crippen LogP contribution in [0.15, 0.2) is 54.6 Å². The van der Waals surface area contributed by atoms with E-state index in [1.54, 1.807) is 0 Å². The summed E-state index contributed by atoms with van der Waals surface area (Å²) in [6.07, 6.45) is 2.75. The van der Waals surface area contributed by atoms with Crippen molar-refractivity contribution in [1.29, 1.82) is 0 Å². The third kappa shape index (κ3) is 6.15. The maximum atomic E-state index is 12.4. The second kappa shape index (κ2) is 10.5. The molecule has 0 aliphatic carbocycles. The molecule has 0 atom stereocenters. The Kier molecular flexibility index (Phi) is 8.12. The van der Waals surface area contributed by atoms with E-state index >= 15 is 0 Å². The molecule has 2 aromatic rings. The monoisotopic (exact) mass is 379 g/mol. The Balaban J connectivity index is 2.27. The molecular formula is C24H33N3O. The summed E-state index contributed by atoms with van der Waals surface area (Å²) in [6, 6.07) is 14.5. The zero-order valence-electron chi connectivity index (χ0n) is 17.4. The standard InChI is InChI=1S/C24H33N3O/c1-5-20-15-22(25)23(26-4)16-24(20)27(17-19-9-7-6-8-10-19)14-13-21(28)12-11-18(2)3/h6-10,15-16,26H,2,5,11-14,17,25H2,1,3-4H3. The average molecular weight is 380 g/mol. The van der Waals surface area contributed by atoms with Crippen molar-refractivity contribution < 1.29 is 4.79 Å². The number of anilines is 3. The summed E-state index contributed by atoms with van der Waals surface area (Å²) in [6.45, 7) is 9.44. The van der Waals surface area contributed by atoms with Crippen molar-refractivity contribution in [3.8, 4) is 0 Å². The highest BCUT2D eigenvalue weighted by atomic mass is 16.1. The van der Waals surface area contributed by atoms with Gasteiger partial charge in [-0.15, -0.1) is 6.58 Å². The van der Waals surface area contributed by atoms with Crippen molar-refractivity contribution in [3.63, 3.8) is 0 Å². The molecule has 4 heteroatoms. The van der Waals surface area contributed by atoms with Crippen LogP contribution >= 0.6 is 0 Å². The summed E-state index contributed by atoms with van der Waals surface area (Å²) in [5, 5.41) is 3.18. The summed E-state index contributed by atoms with van der Waals surface area (Å²) in [4.78, 5) is 14.7. The zero-order chi connectivity index (χ0) is 20.5. The first-order valence-electron chi connectivity index (χ1n) is 9.99. The Morgan fingerprint density at radius 3 is 2.46 bits per heavy atom. The van der Waals surface area contributed by atoms with E-state index in [-0.39, 0.29) is 5.78 Å². The van der Waals surface area contributed by atoms with Gasteiger partial charge in [-0.1, -0.05) is 42.8 Å². The quantitative estimate of drug-likeness (QED) is 0.416. The number of nitrogen functional groups attached to an aromatic ring is 1. The van der Waals surface area contributed by atoms with Gasteiger partial charge < -0.3 is 16.0 Å². The molecule has 0 heterocycles. The number of nitrogens with one attached hydrogen (secondary N) is 1. The number of nitrogens with zero attached hydrogens (tertiary/aromatic N) is 1. The van der Waals surface area contributed by atoms with Crippen LogP contribution in [0.4, 0.5) is 17.1 Å². The van der Waals surface area contributed by atoms with Gasteiger partial charge in [0.2, 0.25) is 0 Å². The molecule has 0 bridgehead atoms. The minimum Gasteiger partial charge on any atom is -0.397 e. The highest BCUT2D eigenvalue weighted by molar-refractivity contribution is 5.80. The molecule has 150 valence electrons. The molecule has 3 N–H and O–H groups in total. The molecule has 0 aliphatic rings. The minimum atomic E-state index is 0.281. The predicted octanol–water partition coefficient (Wildman–Crippen LogP) is 5.20. The molecular weight excluding hydrogens is 346 g/mol. The molecule has 28 heavy (non-hydrogen) atoms. The van der Waals surface area contributed by atoms with Crippen LogP contribution in [0.3, 0.4) is 0 Å². The highest BCUT2D eigenvalue weighted by Gasteiger charge is 2.15.